The van der Waals surface area contributed by atoms with Crippen molar-refractivity contribution in [1.29, 1.82) is 0 Å². The van der Waals surface area contributed by atoms with Gasteiger partial charge in [0.05, 0.1) is 0 Å². The van der Waals surface area contributed by atoms with Gasteiger partial charge in [0.25, 0.3) is 0 Å². The summed E-state index contributed by atoms with van der Waals surface area (Å²) in [6.45, 7) is 17.8. The number of nitrogens with zero attached hydrogens (tertiary/aromatic N) is 3. The minimum absolute atomic E-state index is 0.317. The first-order valence-corrected chi connectivity index (χ1v) is 9.10. The highest BCUT2D eigenvalue weighted by Gasteiger charge is 2.28. The lowest BCUT2D eigenvalue weighted by Crippen LogP contribution is -2.52. The summed E-state index contributed by atoms with van der Waals surface area (Å²) >= 11 is 2.06. The summed E-state index contributed by atoms with van der Waals surface area (Å²) < 4.78 is 0.317. The Hall–Kier alpha value is -0.420. The van der Waals surface area contributed by atoms with E-state index in [1.165, 1.54) is 5.75 Å². The molecule has 1 fully saturated rings. The molecule has 1 heterocycles. The summed E-state index contributed by atoms with van der Waals surface area (Å²) in [5.74, 6) is 2.23. The van der Waals surface area contributed by atoms with E-state index in [1.807, 2.05) is 7.05 Å². The first-order valence-electron chi connectivity index (χ1n) is 8.12. The molecule has 0 amide bonds. The van der Waals surface area contributed by atoms with Gasteiger partial charge in [-0.25, -0.2) is 0 Å². The summed E-state index contributed by atoms with van der Waals surface area (Å²) in [6, 6.07) is 1.17. The molecular weight excluding hydrogens is 280 g/mol. The molecule has 0 radical (unpaired) electrons. The van der Waals surface area contributed by atoms with E-state index in [4.69, 9.17) is 0 Å². The van der Waals surface area contributed by atoms with Gasteiger partial charge in [0.2, 0.25) is 0 Å². The smallest absolute Gasteiger partial charge is 0.193 e. The van der Waals surface area contributed by atoms with Gasteiger partial charge in [-0.1, -0.05) is 0 Å². The van der Waals surface area contributed by atoms with Crippen molar-refractivity contribution in [1.82, 2.24) is 15.1 Å². The SMILES string of the molecule is CN=C(NCCN(C(C)C)C(C)C)N1CCSC(C)(C)C1. The average molecular weight is 315 g/mol. The zero-order valence-corrected chi connectivity index (χ0v) is 15.8. The van der Waals surface area contributed by atoms with E-state index in [1.54, 1.807) is 0 Å². The molecule has 5 heteroatoms. The average Bonchev–Trinajstić information content (AvgIpc) is 2.36. The summed E-state index contributed by atoms with van der Waals surface area (Å²) in [6.07, 6.45) is 0. The zero-order valence-electron chi connectivity index (χ0n) is 14.9. The molecule has 1 N–H and O–H groups in total. The van der Waals surface area contributed by atoms with Crippen LogP contribution in [0.3, 0.4) is 0 Å². The fourth-order valence-electron chi connectivity index (χ4n) is 2.94. The van der Waals surface area contributed by atoms with Crippen molar-refractivity contribution < 1.29 is 0 Å². The first kappa shape index (κ1) is 18.6. The first-order chi connectivity index (χ1) is 9.76. The molecule has 21 heavy (non-hydrogen) atoms. The number of thioether (sulfide) groups is 1. The maximum absolute atomic E-state index is 4.47. The van der Waals surface area contributed by atoms with Gasteiger partial charge in [0.1, 0.15) is 0 Å². The van der Waals surface area contributed by atoms with E-state index in [2.05, 4.69) is 73.4 Å². The minimum Gasteiger partial charge on any atom is -0.355 e. The molecule has 4 nitrogen and oxygen atoms in total. The lowest BCUT2D eigenvalue weighted by atomic mass is 10.2. The van der Waals surface area contributed by atoms with Crippen molar-refractivity contribution in [2.24, 2.45) is 4.99 Å². The van der Waals surface area contributed by atoms with Gasteiger partial charge >= 0.3 is 0 Å². The van der Waals surface area contributed by atoms with Crippen molar-refractivity contribution >= 4 is 17.7 Å². The van der Waals surface area contributed by atoms with Crippen LogP contribution < -0.4 is 5.32 Å². The topological polar surface area (TPSA) is 30.9 Å². The molecular formula is C16H34N4S. The van der Waals surface area contributed by atoms with Gasteiger partial charge in [-0.05, 0) is 41.5 Å². The van der Waals surface area contributed by atoms with Crippen molar-refractivity contribution in [2.75, 3.05) is 39.0 Å². The van der Waals surface area contributed by atoms with Crippen LogP contribution in [0, 0.1) is 0 Å². The molecule has 0 unspecified atom stereocenters. The van der Waals surface area contributed by atoms with E-state index in [0.717, 1.165) is 32.1 Å². The van der Waals surface area contributed by atoms with Gasteiger partial charge in [-0.3, -0.25) is 9.89 Å². The number of nitrogens with one attached hydrogen (secondary N) is 1. The van der Waals surface area contributed by atoms with Crippen LogP contribution in [0.25, 0.3) is 0 Å². The van der Waals surface area contributed by atoms with Crippen LogP contribution in [0.5, 0.6) is 0 Å². The number of aliphatic imine (C=N–C) groups is 1. The second-order valence-corrected chi connectivity index (χ2v) is 8.73. The number of hydrogen-bond acceptors (Lipinski definition) is 3. The van der Waals surface area contributed by atoms with Gasteiger partial charge in [0, 0.05) is 55.8 Å². The van der Waals surface area contributed by atoms with Crippen LogP contribution in [0.2, 0.25) is 0 Å². The largest absolute Gasteiger partial charge is 0.355 e. The van der Waals surface area contributed by atoms with Crippen molar-refractivity contribution in [3.05, 3.63) is 0 Å². The highest BCUT2D eigenvalue weighted by Crippen LogP contribution is 2.29. The van der Waals surface area contributed by atoms with Crippen molar-refractivity contribution in [3.8, 4) is 0 Å². The van der Waals surface area contributed by atoms with Gasteiger partial charge in [-0.2, -0.15) is 11.8 Å². The van der Waals surface area contributed by atoms with E-state index >= 15 is 0 Å². The minimum atomic E-state index is 0.317. The second-order valence-electron chi connectivity index (χ2n) is 6.93. The number of rotatable bonds is 5. The van der Waals surface area contributed by atoms with Crippen LogP contribution in [0.15, 0.2) is 4.99 Å². The van der Waals surface area contributed by atoms with Crippen molar-refractivity contribution in [3.63, 3.8) is 0 Å². The highest BCUT2D eigenvalue weighted by molar-refractivity contribution is 8.00. The lowest BCUT2D eigenvalue weighted by Gasteiger charge is -2.39. The predicted molar refractivity (Wildman–Crippen MR) is 96.4 cm³/mol. The normalized spacial score (nSPS) is 19.7. The van der Waals surface area contributed by atoms with Gasteiger partial charge in [-0.15, -0.1) is 0 Å². The maximum atomic E-state index is 4.47. The monoisotopic (exact) mass is 314 g/mol. The molecule has 1 saturated heterocycles. The van der Waals surface area contributed by atoms with E-state index < -0.39 is 0 Å². The predicted octanol–water partition coefficient (Wildman–Crippen LogP) is 2.51. The summed E-state index contributed by atoms with van der Waals surface area (Å²) in [4.78, 5) is 9.37. The van der Waals surface area contributed by atoms with Crippen LogP contribution in [0.4, 0.5) is 0 Å². The van der Waals surface area contributed by atoms with Crippen LogP contribution in [-0.2, 0) is 0 Å². The quantitative estimate of drug-likeness (QED) is 0.624. The number of guanidine groups is 1. The van der Waals surface area contributed by atoms with Gasteiger partial charge in [0.15, 0.2) is 5.96 Å². The summed E-state index contributed by atoms with van der Waals surface area (Å²) in [5, 5.41) is 3.54. The Labute approximate surface area is 135 Å². The zero-order chi connectivity index (χ0) is 16.0. The molecule has 0 aromatic rings. The molecule has 1 aliphatic heterocycles. The Kier molecular flexibility index (Phi) is 7.34. The molecule has 0 aromatic carbocycles. The van der Waals surface area contributed by atoms with E-state index in [0.29, 0.717) is 16.8 Å². The van der Waals surface area contributed by atoms with E-state index in [-0.39, 0.29) is 0 Å². The van der Waals surface area contributed by atoms with Crippen molar-refractivity contribution in [2.45, 2.75) is 58.4 Å². The molecule has 0 atom stereocenters. The van der Waals surface area contributed by atoms with Crippen LogP contribution in [0.1, 0.15) is 41.5 Å². The highest BCUT2D eigenvalue weighted by atomic mass is 32.2. The molecule has 1 aliphatic rings. The molecule has 0 spiro atoms. The maximum Gasteiger partial charge on any atom is 0.193 e. The summed E-state index contributed by atoms with van der Waals surface area (Å²) in [7, 11) is 1.89. The van der Waals surface area contributed by atoms with E-state index in [9.17, 15) is 0 Å². The fourth-order valence-corrected chi connectivity index (χ4v) is 4.05. The Morgan fingerprint density at radius 2 is 1.90 bits per heavy atom. The molecule has 0 aliphatic carbocycles. The van der Waals surface area contributed by atoms with Gasteiger partial charge < -0.3 is 10.2 Å². The second kappa shape index (κ2) is 8.28. The third-order valence-corrected chi connectivity index (χ3v) is 5.21. The lowest BCUT2D eigenvalue weighted by molar-refractivity contribution is 0.178. The third-order valence-electron chi connectivity index (χ3n) is 3.92. The molecule has 0 aromatic heterocycles. The molecule has 1 rings (SSSR count). The van der Waals surface area contributed by atoms with Crippen LogP contribution in [-0.4, -0.2) is 71.6 Å². The Balaban J connectivity index is 2.48. The Morgan fingerprint density at radius 3 is 2.38 bits per heavy atom. The molecule has 124 valence electrons. The fraction of sp³-hybridized carbons (Fsp3) is 0.938. The van der Waals surface area contributed by atoms with Crippen LogP contribution >= 0.6 is 11.8 Å². The summed E-state index contributed by atoms with van der Waals surface area (Å²) in [5.41, 5.74) is 0. The molecule has 0 saturated carbocycles. The Morgan fingerprint density at radius 1 is 1.29 bits per heavy atom. The Bertz CT molecular complexity index is 331. The molecule has 0 bridgehead atoms. The third kappa shape index (κ3) is 6.07. The standard InChI is InChI=1S/C16H34N4S/c1-13(2)20(14(3)4)9-8-18-15(17-7)19-10-11-21-16(5,6)12-19/h13-14H,8-12H2,1-7H3,(H,17,18). The number of hydrogen-bond donors (Lipinski definition) is 1.